The summed E-state index contributed by atoms with van der Waals surface area (Å²) in [5, 5.41) is 9.16. The van der Waals surface area contributed by atoms with Gasteiger partial charge in [0.1, 0.15) is 22.4 Å². The van der Waals surface area contributed by atoms with Gasteiger partial charge in [-0.15, -0.1) is 0 Å². The van der Waals surface area contributed by atoms with Gasteiger partial charge in [0, 0.05) is 24.6 Å². The molecule has 3 N–H and O–H groups in total. The number of imidazole rings is 1. The third-order valence-electron chi connectivity index (χ3n) is 6.50. The smallest absolute Gasteiger partial charge is 0.269 e. The monoisotopic (exact) mass is 611 g/mol. The number of carbonyl (C=O) groups is 2. The lowest BCUT2D eigenvalue weighted by Crippen LogP contribution is -2.46. The van der Waals surface area contributed by atoms with E-state index in [1.54, 1.807) is 36.9 Å². The average molecular weight is 612 g/mol. The number of nitrogens with one attached hydrogen (secondary N) is 2. The molecule has 1 atom stereocenters. The summed E-state index contributed by atoms with van der Waals surface area (Å²) in [6, 6.07) is 17.0. The summed E-state index contributed by atoms with van der Waals surface area (Å²) in [6.07, 6.45) is 4.85. The van der Waals surface area contributed by atoms with Gasteiger partial charge < -0.3 is 9.30 Å². The minimum Gasteiger partial charge on any atom is -0.457 e. The Bertz CT molecular complexity index is 1810. The number of hydroxylamine groups is 1. The number of rotatable bonds is 11. The second-order valence-corrected chi connectivity index (χ2v) is 12.8. The topological polar surface area (TPSA) is 177 Å². The molecule has 0 radical (unpaired) electrons. The number of carbonyl (C=O) groups excluding carboxylic acids is 2. The number of benzene rings is 3. The summed E-state index contributed by atoms with van der Waals surface area (Å²) < 4.78 is 62.1. The first-order valence-electron chi connectivity index (χ1n) is 12.6. The minimum absolute atomic E-state index is 0.0433. The van der Waals surface area contributed by atoms with E-state index >= 15 is 0 Å². The van der Waals surface area contributed by atoms with Gasteiger partial charge >= 0.3 is 0 Å². The highest BCUT2D eigenvalue weighted by atomic mass is 32.2. The molecule has 0 fully saturated rings. The van der Waals surface area contributed by atoms with E-state index in [4.69, 9.17) is 9.94 Å². The van der Waals surface area contributed by atoms with Crippen LogP contribution >= 0.6 is 0 Å². The predicted octanol–water partition coefficient (Wildman–Crippen LogP) is 2.44. The van der Waals surface area contributed by atoms with Crippen LogP contribution in [-0.4, -0.2) is 60.3 Å². The number of aromatic nitrogens is 2. The largest absolute Gasteiger partial charge is 0.457 e. The van der Waals surface area contributed by atoms with Crippen LogP contribution in [0.1, 0.15) is 23.2 Å². The van der Waals surface area contributed by atoms with Crippen molar-refractivity contribution in [2.45, 2.75) is 28.7 Å². The molecule has 0 spiro atoms. The fraction of sp³-hybridized carbons (Fsp3) is 0.148. The number of fused-ring (bicyclic) bond motifs is 1. The standard InChI is InChI=1S/C27H25N5O8S2/c33-26(29-35)24(5-3-16-32-27(34)23-4-1-2-6-25(23)42(32,38)39)30-41(36,37)22-13-11-21(12-14-22)40-20-9-7-19(8-10-20)31-17-15-28-18-31/h1-2,4,6-15,17-18,24,30,35H,3,5,16H2,(H,29,33)/t24-/m1/s1. The first-order chi connectivity index (χ1) is 20.1. The van der Waals surface area contributed by atoms with E-state index in [0.717, 1.165) is 5.69 Å². The number of hydrogen-bond acceptors (Lipinski definition) is 9. The highest BCUT2D eigenvalue weighted by molar-refractivity contribution is 7.90. The lowest BCUT2D eigenvalue weighted by molar-refractivity contribution is -0.131. The van der Waals surface area contributed by atoms with Crippen LogP contribution in [-0.2, 0) is 24.8 Å². The number of amides is 2. The number of sulfonamides is 2. The first kappa shape index (κ1) is 28.9. The Morgan fingerprint density at radius 1 is 1.00 bits per heavy atom. The van der Waals surface area contributed by atoms with E-state index in [9.17, 15) is 26.4 Å². The number of hydrogen-bond donors (Lipinski definition) is 3. The molecule has 0 unspecified atom stereocenters. The van der Waals surface area contributed by atoms with Crippen LogP contribution in [0.3, 0.4) is 0 Å². The normalized spacial score (nSPS) is 14.8. The van der Waals surface area contributed by atoms with Crippen molar-refractivity contribution in [1.29, 1.82) is 0 Å². The molecule has 2 heterocycles. The second-order valence-electron chi connectivity index (χ2n) is 9.21. The lowest BCUT2D eigenvalue weighted by Gasteiger charge is -2.19. The lowest BCUT2D eigenvalue weighted by atomic mass is 10.1. The van der Waals surface area contributed by atoms with Gasteiger partial charge in [0.25, 0.3) is 21.8 Å². The minimum atomic E-state index is -4.25. The van der Waals surface area contributed by atoms with Crippen LogP contribution in [0.5, 0.6) is 11.5 Å². The predicted molar refractivity (Wildman–Crippen MR) is 148 cm³/mol. The maximum absolute atomic E-state index is 13.0. The summed E-state index contributed by atoms with van der Waals surface area (Å²) in [6.45, 7) is -0.290. The van der Waals surface area contributed by atoms with E-state index < -0.39 is 37.9 Å². The van der Waals surface area contributed by atoms with Gasteiger partial charge in [-0.2, -0.15) is 4.72 Å². The zero-order valence-electron chi connectivity index (χ0n) is 21.8. The van der Waals surface area contributed by atoms with Crippen LogP contribution in [0.4, 0.5) is 0 Å². The molecule has 1 aromatic heterocycles. The van der Waals surface area contributed by atoms with Crippen molar-refractivity contribution in [3.05, 3.63) is 97.1 Å². The van der Waals surface area contributed by atoms with Crippen molar-refractivity contribution < 1.29 is 36.4 Å². The molecule has 218 valence electrons. The molecule has 5 rings (SSSR count). The van der Waals surface area contributed by atoms with Crippen LogP contribution in [0.2, 0.25) is 0 Å². The molecule has 0 saturated heterocycles. The van der Waals surface area contributed by atoms with Crippen LogP contribution in [0.25, 0.3) is 5.69 Å². The Morgan fingerprint density at radius 3 is 2.29 bits per heavy atom. The Labute approximate surface area is 241 Å². The van der Waals surface area contributed by atoms with Gasteiger partial charge in [-0.05, 0) is 73.5 Å². The molecule has 0 bridgehead atoms. The van der Waals surface area contributed by atoms with E-state index in [-0.39, 0.29) is 34.7 Å². The van der Waals surface area contributed by atoms with Crippen molar-refractivity contribution in [3.63, 3.8) is 0 Å². The van der Waals surface area contributed by atoms with Crippen molar-refractivity contribution in [1.82, 2.24) is 24.1 Å². The van der Waals surface area contributed by atoms with Gasteiger partial charge in [-0.1, -0.05) is 12.1 Å². The summed E-state index contributed by atoms with van der Waals surface area (Å²) in [5.41, 5.74) is 2.34. The highest BCUT2D eigenvalue weighted by Crippen LogP contribution is 2.30. The zero-order valence-corrected chi connectivity index (χ0v) is 23.5. The van der Waals surface area contributed by atoms with Crippen molar-refractivity contribution in [2.24, 2.45) is 0 Å². The van der Waals surface area contributed by atoms with E-state index in [0.29, 0.717) is 15.8 Å². The summed E-state index contributed by atoms with van der Waals surface area (Å²) >= 11 is 0. The molecule has 1 aliphatic heterocycles. The Hall–Kier alpha value is -4.57. The molecular weight excluding hydrogens is 586 g/mol. The number of ether oxygens (including phenoxy) is 1. The Balaban J connectivity index is 1.21. The van der Waals surface area contributed by atoms with Crippen LogP contribution in [0.15, 0.2) is 101 Å². The number of nitrogens with zero attached hydrogens (tertiary/aromatic N) is 3. The van der Waals surface area contributed by atoms with Gasteiger partial charge in [0.15, 0.2) is 0 Å². The van der Waals surface area contributed by atoms with E-state index in [1.165, 1.54) is 47.9 Å². The molecule has 0 aliphatic carbocycles. The third kappa shape index (κ3) is 5.89. The fourth-order valence-electron chi connectivity index (χ4n) is 4.39. The van der Waals surface area contributed by atoms with Crippen molar-refractivity contribution in [3.8, 4) is 17.2 Å². The molecule has 13 nitrogen and oxygen atoms in total. The Kier molecular flexibility index (Phi) is 8.08. The first-order valence-corrected chi connectivity index (χ1v) is 15.5. The SMILES string of the molecule is O=C(NO)[C@@H](CCCN1C(=O)c2ccccc2S1(=O)=O)NS(=O)(=O)c1ccc(Oc2ccc(-n3ccnc3)cc2)cc1. The zero-order chi connectivity index (χ0) is 29.9. The summed E-state index contributed by atoms with van der Waals surface area (Å²) in [7, 11) is -8.30. The third-order valence-corrected chi connectivity index (χ3v) is 9.83. The van der Waals surface area contributed by atoms with Crippen LogP contribution in [0, 0.1) is 0 Å². The molecule has 2 amide bonds. The molecular formula is C27H25N5O8S2. The molecule has 15 heteroatoms. The quantitative estimate of drug-likeness (QED) is 0.170. The summed E-state index contributed by atoms with van der Waals surface area (Å²) in [5.74, 6) is -0.859. The highest BCUT2D eigenvalue weighted by Gasteiger charge is 2.40. The average Bonchev–Trinajstić information content (AvgIpc) is 3.59. The maximum atomic E-state index is 13.0. The maximum Gasteiger partial charge on any atom is 0.269 e. The van der Waals surface area contributed by atoms with Gasteiger partial charge in [0.2, 0.25) is 10.0 Å². The van der Waals surface area contributed by atoms with E-state index in [1.807, 2.05) is 16.7 Å². The van der Waals surface area contributed by atoms with Gasteiger partial charge in [-0.25, -0.2) is 31.6 Å². The molecule has 4 aromatic rings. The van der Waals surface area contributed by atoms with E-state index in [2.05, 4.69) is 9.71 Å². The van der Waals surface area contributed by atoms with Crippen molar-refractivity contribution in [2.75, 3.05) is 6.54 Å². The van der Waals surface area contributed by atoms with Gasteiger partial charge in [0.05, 0.1) is 16.8 Å². The van der Waals surface area contributed by atoms with Crippen molar-refractivity contribution >= 4 is 31.9 Å². The van der Waals surface area contributed by atoms with Gasteiger partial charge in [-0.3, -0.25) is 14.8 Å². The molecule has 1 aliphatic rings. The molecule has 3 aromatic carbocycles. The molecule has 42 heavy (non-hydrogen) atoms. The molecule has 0 saturated carbocycles. The fourth-order valence-corrected chi connectivity index (χ4v) is 7.23. The summed E-state index contributed by atoms with van der Waals surface area (Å²) in [4.78, 5) is 28.6. The Morgan fingerprint density at radius 2 is 1.67 bits per heavy atom. The second kappa shape index (κ2) is 11.7. The van der Waals surface area contributed by atoms with Crippen LogP contribution < -0.4 is 14.9 Å².